The minimum atomic E-state index is -0.273. The lowest BCUT2D eigenvalue weighted by atomic mass is 10.2. The molecule has 0 saturated carbocycles. The number of carbonyl (C=O) groups excluding carboxylic acids is 1. The molecule has 0 aliphatic rings. The average molecular weight is 451 g/mol. The number of nitrogens with zero attached hydrogens (tertiary/aromatic N) is 5. The van der Waals surface area contributed by atoms with E-state index in [1.165, 1.54) is 0 Å². The van der Waals surface area contributed by atoms with Crippen LogP contribution in [0.4, 0.5) is 5.95 Å². The van der Waals surface area contributed by atoms with Crippen LogP contribution in [-0.2, 0) is 13.0 Å². The number of amides is 1. The topological polar surface area (TPSA) is 77.6 Å². The molecule has 1 amide bonds. The van der Waals surface area contributed by atoms with Gasteiger partial charge in [0.2, 0.25) is 5.95 Å². The Labute approximate surface area is 176 Å². The minimum absolute atomic E-state index is 0.265. The van der Waals surface area contributed by atoms with Crippen molar-refractivity contribution in [1.29, 1.82) is 0 Å². The van der Waals surface area contributed by atoms with Crippen molar-refractivity contribution >= 4 is 27.8 Å². The van der Waals surface area contributed by atoms with Gasteiger partial charge in [0.15, 0.2) is 0 Å². The molecule has 0 unspecified atom stereocenters. The molecule has 8 heteroatoms. The Kier molecular flexibility index (Phi) is 5.53. The molecule has 2 aromatic carbocycles. The molecule has 0 fully saturated rings. The second-order valence-corrected chi connectivity index (χ2v) is 7.37. The largest absolute Gasteiger partial charge is 0.289 e. The highest BCUT2D eigenvalue weighted by Crippen LogP contribution is 2.17. The van der Waals surface area contributed by atoms with E-state index < -0.39 is 0 Å². The fourth-order valence-corrected chi connectivity index (χ4v) is 3.33. The SMILES string of the molecule is CCc1c(C(=O)Nc2ncn(Cc3ccc(Br)cc3)n2)cnn1-c1ccccc1. The standard InChI is InChI=1S/C21H19BrN6O/c1-2-19-18(12-24-28(19)17-6-4-3-5-7-17)20(29)25-21-23-14-27(26-21)13-15-8-10-16(22)11-9-15/h3-12,14H,2,13H2,1H3,(H,25,26,29). The van der Waals surface area contributed by atoms with Gasteiger partial charge >= 0.3 is 0 Å². The molecule has 0 radical (unpaired) electrons. The zero-order valence-corrected chi connectivity index (χ0v) is 17.4. The summed E-state index contributed by atoms with van der Waals surface area (Å²) in [6, 6.07) is 17.7. The van der Waals surface area contributed by atoms with Crippen molar-refractivity contribution in [2.45, 2.75) is 19.9 Å². The van der Waals surface area contributed by atoms with Gasteiger partial charge in [-0.3, -0.25) is 10.1 Å². The van der Waals surface area contributed by atoms with Gasteiger partial charge in [-0.05, 0) is 36.2 Å². The second-order valence-electron chi connectivity index (χ2n) is 6.45. The van der Waals surface area contributed by atoms with Crippen molar-refractivity contribution in [3.63, 3.8) is 0 Å². The van der Waals surface area contributed by atoms with Crippen LogP contribution in [-0.4, -0.2) is 30.5 Å². The third-order valence-electron chi connectivity index (χ3n) is 4.47. The van der Waals surface area contributed by atoms with E-state index >= 15 is 0 Å². The number of rotatable bonds is 6. The Morgan fingerprint density at radius 3 is 2.59 bits per heavy atom. The van der Waals surface area contributed by atoms with E-state index in [1.807, 2.05) is 61.5 Å². The first-order valence-corrected chi connectivity index (χ1v) is 10.0. The molecule has 0 saturated heterocycles. The predicted molar refractivity (Wildman–Crippen MR) is 114 cm³/mol. The lowest BCUT2D eigenvalue weighted by Gasteiger charge is -2.07. The maximum absolute atomic E-state index is 12.8. The Morgan fingerprint density at radius 1 is 1.10 bits per heavy atom. The number of aromatic nitrogens is 5. The lowest BCUT2D eigenvalue weighted by Crippen LogP contribution is -2.15. The van der Waals surface area contributed by atoms with Crippen LogP contribution in [0.15, 0.2) is 71.6 Å². The number of halogens is 1. The van der Waals surface area contributed by atoms with Gasteiger partial charge in [-0.25, -0.2) is 14.3 Å². The third-order valence-corrected chi connectivity index (χ3v) is 5.00. The number of hydrogen-bond donors (Lipinski definition) is 1. The molecule has 0 aliphatic heterocycles. The molecule has 2 aromatic heterocycles. The Balaban J connectivity index is 1.49. The molecule has 0 aliphatic carbocycles. The van der Waals surface area contributed by atoms with E-state index in [9.17, 15) is 4.79 Å². The van der Waals surface area contributed by atoms with Gasteiger partial charge in [0.05, 0.1) is 29.7 Å². The average Bonchev–Trinajstić information content (AvgIpc) is 3.37. The van der Waals surface area contributed by atoms with Crippen molar-refractivity contribution < 1.29 is 4.79 Å². The van der Waals surface area contributed by atoms with Gasteiger partial charge in [0.25, 0.3) is 5.91 Å². The molecular weight excluding hydrogens is 432 g/mol. The van der Waals surface area contributed by atoms with E-state index in [0.29, 0.717) is 18.5 Å². The second kappa shape index (κ2) is 8.40. The highest BCUT2D eigenvalue weighted by Gasteiger charge is 2.18. The summed E-state index contributed by atoms with van der Waals surface area (Å²) in [4.78, 5) is 17.0. The maximum Gasteiger partial charge on any atom is 0.261 e. The summed E-state index contributed by atoms with van der Waals surface area (Å²) in [6.07, 6.45) is 3.86. The first kappa shape index (κ1) is 19.1. The van der Waals surface area contributed by atoms with E-state index in [1.54, 1.807) is 21.9 Å². The quantitative estimate of drug-likeness (QED) is 0.479. The number of nitrogens with one attached hydrogen (secondary N) is 1. The van der Waals surface area contributed by atoms with E-state index in [4.69, 9.17) is 0 Å². The van der Waals surface area contributed by atoms with Crippen LogP contribution < -0.4 is 5.32 Å². The molecule has 29 heavy (non-hydrogen) atoms. The van der Waals surface area contributed by atoms with E-state index in [0.717, 1.165) is 21.4 Å². The van der Waals surface area contributed by atoms with Crippen molar-refractivity contribution in [2.24, 2.45) is 0 Å². The number of carbonyl (C=O) groups is 1. The number of anilines is 1. The van der Waals surface area contributed by atoms with Gasteiger partial charge in [0, 0.05) is 4.47 Å². The van der Waals surface area contributed by atoms with Gasteiger partial charge in [0.1, 0.15) is 6.33 Å². The highest BCUT2D eigenvalue weighted by molar-refractivity contribution is 9.10. The smallest absolute Gasteiger partial charge is 0.261 e. The van der Waals surface area contributed by atoms with Gasteiger partial charge in [-0.1, -0.05) is 53.2 Å². The molecule has 7 nitrogen and oxygen atoms in total. The van der Waals surface area contributed by atoms with Crippen LogP contribution >= 0.6 is 15.9 Å². The Hall–Kier alpha value is -3.26. The lowest BCUT2D eigenvalue weighted by molar-refractivity contribution is 0.102. The summed E-state index contributed by atoms with van der Waals surface area (Å²) in [5.74, 6) is -0.00736. The molecule has 146 valence electrons. The van der Waals surface area contributed by atoms with Crippen LogP contribution in [0, 0.1) is 0 Å². The molecular formula is C21H19BrN6O. The third kappa shape index (κ3) is 4.27. The summed E-state index contributed by atoms with van der Waals surface area (Å²) < 4.78 is 4.50. The maximum atomic E-state index is 12.8. The first-order chi connectivity index (χ1) is 14.1. The fraction of sp³-hybridized carbons (Fsp3) is 0.143. The number of benzene rings is 2. The van der Waals surface area contributed by atoms with Gasteiger partial charge < -0.3 is 0 Å². The summed E-state index contributed by atoms with van der Waals surface area (Å²) in [5.41, 5.74) is 3.36. The van der Waals surface area contributed by atoms with Crippen molar-refractivity contribution in [3.05, 3.63) is 88.4 Å². The molecule has 0 bridgehead atoms. The monoisotopic (exact) mass is 450 g/mol. The van der Waals surface area contributed by atoms with Crippen LogP contribution in [0.5, 0.6) is 0 Å². The fourth-order valence-electron chi connectivity index (χ4n) is 3.07. The van der Waals surface area contributed by atoms with E-state index in [2.05, 4.69) is 36.4 Å². The van der Waals surface area contributed by atoms with Crippen LogP contribution in [0.3, 0.4) is 0 Å². The molecule has 4 rings (SSSR count). The number of hydrogen-bond acceptors (Lipinski definition) is 4. The highest BCUT2D eigenvalue weighted by atomic mass is 79.9. The van der Waals surface area contributed by atoms with E-state index in [-0.39, 0.29) is 11.9 Å². The molecule has 4 aromatic rings. The minimum Gasteiger partial charge on any atom is -0.289 e. The zero-order chi connectivity index (χ0) is 20.2. The van der Waals surface area contributed by atoms with Crippen molar-refractivity contribution in [1.82, 2.24) is 24.5 Å². The van der Waals surface area contributed by atoms with Crippen LogP contribution in [0.2, 0.25) is 0 Å². The van der Waals surface area contributed by atoms with Gasteiger partial charge in [-0.15, -0.1) is 5.10 Å². The molecule has 0 atom stereocenters. The molecule has 2 heterocycles. The predicted octanol–water partition coefficient (Wildman–Crippen LogP) is 4.09. The summed E-state index contributed by atoms with van der Waals surface area (Å²) in [7, 11) is 0. The van der Waals surface area contributed by atoms with Crippen LogP contribution in [0.1, 0.15) is 28.5 Å². The number of para-hydroxylation sites is 1. The van der Waals surface area contributed by atoms with Crippen LogP contribution in [0.25, 0.3) is 5.69 Å². The Morgan fingerprint density at radius 2 is 1.86 bits per heavy atom. The molecule has 1 N–H and O–H groups in total. The zero-order valence-electron chi connectivity index (χ0n) is 15.8. The van der Waals surface area contributed by atoms with Crippen molar-refractivity contribution in [3.8, 4) is 5.69 Å². The summed E-state index contributed by atoms with van der Waals surface area (Å²) in [5, 5.41) is 11.5. The Bertz CT molecular complexity index is 1120. The molecule has 0 spiro atoms. The van der Waals surface area contributed by atoms with Gasteiger partial charge in [-0.2, -0.15) is 5.10 Å². The summed E-state index contributed by atoms with van der Waals surface area (Å²) >= 11 is 3.42. The summed E-state index contributed by atoms with van der Waals surface area (Å²) in [6.45, 7) is 2.57. The van der Waals surface area contributed by atoms with Crippen molar-refractivity contribution in [2.75, 3.05) is 5.32 Å². The normalized spacial score (nSPS) is 10.8. The first-order valence-electron chi connectivity index (χ1n) is 9.21.